The average Bonchev–Trinajstić information content (AvgIpc) is 3.05. The molecule has 0 aliphatic rings. The molecule has 0 saturated carbocycles. The Morgan fingerprint density at radius 2 is 1.91 bits per heavy atom. The van der Waals surface area contributed by atoms with Gasteiger partial charge >= 0.3 is 0 Å². The van der Waals surface area contributed by atoms with Crippen LogP contribution in [0, 0.1) is 6.92 Å². The summed E-state index contributed by atoms with van der Waals surface area (Å²) in [5.74, 6) is 0.248. The second-order valence-electron chi connectivity index (χ2n) is 5.51. The molecule has 3 aromatic rings. The van der Waals surface area contributed by atoms with Crippen LogP contribution < -0.4 is 5.32 Å². The van der Waals surface area contributed by atoms with Crippen molar-refractivity contribution in [3.63, 3.8) is 0 Å². The fourth-order valence-corrected chi connectivity index (χ4v) is 2.49. The summed E-state index contributed by atoms with van der Waals surface area (Å²) in [6.07, 6.45) is 1.31. The lowest BCUT2D eigenvalue weighted by atomic mass is 10.1. The van der Waals surface area contributed by atoms with Crippen molar-refractivity contribution in [1.82, 2.24) is 10.3 Å². The third kappa shape index (κ3) is 3.31. The normalized spacial score (nSPS) is 11.9. The van der Waals surface area contributed by atoms with Gasteiger partial charge in [-0.25, -0.2) is 4.98 Å². The highest BCUT2D eigenvalue weighted by Crippen LogP contribution is 2.24. The van der Waals surface area contributed by atoms with E-state index in [1.54, 1.807) is 0 Å². The number of nitrogens with zero attached hydrogens (tertiary/aromatic N) is 1. The topological polar surface area (TPSA) is 55.1 Å². The van der Waals surface area contributed by atoms with Gasteiger partial charge in [0.15, 0.2) is 17.8 Å². The Hall–Kier alpha value is -2.88. The van der Waals surface area contributed by atoms with Crippen LogP contribution in [0.1, 0.15) is 34.6 Å². The van der Waals surface area contributed by atoms with Crippen LogP contribution >= 0.6 is 0 Å². The molecular weight excluding hydrogens is 288 g/mol. The van der Waals surface area contributed by atoms with E-state index in [-0.39, 0.29) is 11.9 Å². The molecule has 0 spiro atoms. The summed E-state index contributed by atoms with van der Waals surface area (Å²) < 4.78 is 5.44. The second-order valence-corrected chi connectivity index (χ2v) is 5.51. The summed E-state index contributed by atoms with van der Waals surface area (Å²) in [5.41, 5.74) is 3.29. The summed E-state index contributed by atoms with van der Waals surface area (Å²) in [6.45, 7) is 3.94. The van der Waals surface area contributed by atoms with Gasteiger partial charge in [0.25, 0.3) is 5.91 Å². The Morgan fingerprint density at radius 3 is 2.65 bits per heavy atom. The fourth-order valence-electron chi connectivity index (χ4n) is 2.49. The molecule has 0 bridgehead atoms. The molecule has 0 aliphatic heterocycles. The Morgan fingerprint density at radius 1 is 1.13 bits per heavy atom. The predicted molar refractivity (Wildman–Crippen MR) is 89.0 cm³/mol. The van der Waals surface area contributed by atoms with Gasteiger partial charge in [-0.15, -0.1) is 0 Å². The van der Waals surface area contributed by atoms with Crippen molar-refractivity contribution < 1.29 is 9.21 Å². The molecule has 1 amide bonds. The number of amides is 1. The zero-order chi connectivity index (χ0) is 16.2. The van der Waals surface area contributed by atoms with Gasteiger partial charge in [-0.2, -0.15) is 0 Å². The highest BCUT2D eigenvalue weighted by molar-refractivity contribution is 5.97. The quantitative estimate of drug-likeness (QED) is 0.788. The predicted octanol–water partition coefficient (Wildman–Crippen LogP) is 4.14. The zero-order valence-corrected chi connectivity index (χ0v) is 13.1. The van der Waals surface area contributed by atoms with Crippen LogP contribution in [-0.4, -0.2) is 10.9 Å². The van der Waals surface area contributed by atoms with Crippen molar-refractivity contribution in [2.75, 3.05) is 0 Å². The molecule has 0 radical (unpaired) electrons. The van der Waals surface area contributed by atoms with E-state index in [0.717, 1.165) is 16.7 Å². The van der Waals surface area contributed by atoms with Crippen LogP contribution in [0.25, 0.3) is 11.3 Å². The molecule has 3 rings (SSSR count). The molecule has 0 saturated heterocycles. The molecule has 4 heteroatoms. The lowest BCUT2D eigenvalue weighted by Gasteiger charge is -2.13. The van der Waals surface area contributed by atoms with Crippen molar-refractivity contribution >= 4 is 5.91 Å². The van der Waals surface area contributed by atoms with E-state index in [1.807, 2.05) is 68.4 Å². The summed E-state index contributed by atoms with van der Waals surface area (Å²) in [5, 5.41) is 2.96. The molecule has 0 fully saturated rings. The van der Waals surface area contributed by atoms with E-state index >= 15 is 0 Å². The number of aromatic nitrogens is 1. The summed E-state index contributed by atoms with van der Waals surface area (Å²) in [7, 11) is 0. The molecule has 1 N–H and O–H groups in total. The first-order chi connectivity index (χ1) is 11.1. The van der Waals surface area contributed by atoms with Crippen molar-refractivity contribution in [3.05, 3.63) is 77.8 Å². The third-order valence-electron chi connectivity index (χ3n) is 3.71. The number of benzene rings is 2. The van der Waals surface area contributed by atoms with Gasteiger partial charge in [0.1, 0.15) is 0 Å². The Labute approximate surface area is 135 Å². The van der Waals surface area contributed by atoms with E-state index in [1.165, 1.54) is 6.39 Å². The van der Waals surface area contributed by atoms with Gasteiger partial charge in [-0.3, -0.25) is 4.79 Å². The van der Waals surface area contributed by atoms with Crippen molar-refractivity contribution in [2.45, 2.75) is 19.9 Å². The minimum absolute atomic E-state index is 0.106. The summed E-state index contributed by atoms with van der Waals surface area (Å²) >= 11 is 0. The SMILES string of the molecule is Cc1cccc(-c2ocnc2C(=O)NC(C)c2ccccc2)c1. The van der Waals surface area contributed by atoms with Crippen LogP contribution in [-0.2, 0) is 0 Å². The maximum absolute atomic E-state index is 12.5. The van der Waals surface area contributed by atoms with E-state index in [2.05, 4.69) is 10.3 Å². The molecule has 2 aromatic carbocycles. The molecule has 1 atom stereocenters. The molecule has 116 valence electrons. The third-order valence-corrected chi connectivity index (χ3v) is 3.71. The number of carbonyl (C=O) groups is 1. The van der Waals surface area contributed by atoms with Gasteiger partial charge in [0, 0.05) is 5.56 Å². The number of oxazole rings is 1. The van der Waals surface area contributed by atoms with E-state index < -0.39 is 0 Å². The molecular formula is C19H18N2O2. The lowest BCUT2D eigenvalue weighted by molar-refractivity contribution is 0.0935. The van der Waals surface area contributed by atoms with Gasteiger partial charge in [-0.1, -0.05) is 54.1 Å². The van der Waals surface area contributed by atoms with E-state index in [9.17, 15) is 4.79 Å². The van der Waals surface area contributed by atoms with Crippen LogP contribution in [0.3, 0.4) is 0 Å². The Bertz CT molecular complexity index is 809. The zero-order valence-electron chi connectivity index (χ0n) is 13.1. The van der Waals surface area contributed by atoms with Gasteiger partial charge < -0.3 is 9.73 Å². The highest BCUT2D eigenvalue weighted by atomic mass is 16.3. The minimum atomic E-state index is -0.244. The van der Waals surface area contributed by atoms with Crippen molar-refractivity contribution in [2.24, 2.45) is 0 Å². The number of hydrogen-bond acceptors (Lipinski definition) is 3. The average molecular weight is 306 g/mol. The highest BCUT2D eigenvalue weighted by Gasteiger charge is 2.20. The summed E-state index contributed by atoms with van der Waals surface area (Å²) in [4.78, 5) is 16.6. The molecule has 1 aromatic heterocycles. The first-order valence-corrected chi connectivity index (χ1v) is 7.51. The Balaban J connectivity index is 1.83. The van der Waals surface area contributed by atoms with Crippen LogP contribution in [0.5, 0.6) is 0 Å². The maximum atomic E-state index is 12.5. The maximum Gasteiger partial charge on any atom is 0.274 e. The molecule has 4 nitrogen and oxygen atoms in total. The lowest BCUT2D eigenvalue weighted by Crippen LogP contribution is -2.27. The van der Waals surface area contributed by atoms with Crippen LogP contribution in [0.4, 0.5) is 0 Å². The largest absolute Gasteiger partial charge is 0.443 e. The standard InChI is InChI=1S/C19H18N2O2/c1-13-7-6-10-16(11-13)18-17(20-12-23-18)19(22)21-14(2)15-8-4-3-5-9-15/h3-12,14H,1-2H3,(H,21,22). The van der Waals surface area contributed by atoms with Crippen LogP contribution in [0.15, 0.2) is 65.4 Å². The number of aryl methyl sites for hydroxylation is 1. The molecule has 23 heavy (non-hydrogen) atoms. The van der Waals surface area contributed by atoms with Gasteiger partial charge in [-0.05, 0) is 25.5 Å². The molecule has 0 aliphatic carbocycles. The van der Waals surface area contributed by atoms with E-state index in [0.29, 0.717) is 11.5 Å². The molecule has 1 heterocycles. The monoisotopic (exact) mass is 306 g/mol. The fraction of sp³-hybridized carbons (Fsp3) is 0.158. The second kappa shape index (κ2) is 6.48. The Kier molecular flexibility index (Phi) is 4.24. The summed E-state index contributed by atoms with van der Waals surface area (Å²) in [6, 6.07) is 17.5. The number of rotatable bonds is 4. The first kappa shape index (κ1) is 15.0. The number of carbonyl (C=O) groups excluding carboxylic acids is 1. The number of nitrogens with one attached hydrogen (secondary N) is 1. The smallest absolute Gasteiger partial charge is 0.274 e. The molecule has 1 unspecified atom stereocenters. The number of hydrogen-bond donors (Lipinski definition) is 1. The van der Waals surface area contributed by atoms with Crippen molar-refractivity contribution in [1.29, 1.82) is 0 Å². The van der Waals surface area contributed by atoms with Gasteiger partial charge in [0.2, 0.25) is 0 Å². The van der Waals surface area contributed by atoms with Crippen LogP contribution in [0.2, 0.25) is 0 Å². The van der Waals surface area contributed by atoms with Gasteiger partial charge in [0.05, 0.1) is 6.04 Å². The van der Waals surface area contributed by atoms with Crippen molar-refractivity contribution in [3.8, 4) is 11.3 Å². The van der Waals surface area contributed by atoms with E-state index in [4.69, 9.17) is 4.42 Å². The minimum Gasteiger partial charge on any atom is -0.443 e. The first-order valence-electron chi connectivity index (χ1n) is 7.51.